The Morgan fingerprint density at radius 3 is 2.39 bits per heavy atom. The van der Waals surface area contributed by atoms with Gasteiger partial charge in [0, 0.05) is 48.3 Å². The molecular formula is C46H61N7O11S2. The molecular weight excluding hydrogens is 891 g/mol. The molecule has 18 nitrogen and oxygen atoms in total. The predicted molar refractivity (Wildman–Crippen MR) is 243 cm³/mol. The Bertz CT molecular complexity index is 2340. The molecule has 0 radical (unpaired) electrons. The van der Waals surface area contributed by atoms with E-state index < -0.39 is 85.8 Å². The number of amides is 6. The van der Waals surface area contributed by atoms with Gasteiger partial charge in [0.05, 0.1) is 23.6 Å². The standard InChI is InChI=1S/C46H61N7O11S2/c1-44(2,3)64-43(59)50-45(20-10-11-21-45)27-63-42(58)48-34-13-9-7-5-6-8-12-30-22-46(30,41(57)51-66(60,61)32-18-19-32)49-37(54)36-33-25-52(23-29(33)24-53(36)39(34)55)40(56)38-47-35(26-65-38)28-14-16-31(62-4)17-15-28/h8,12,14-17,26,29-30,32-34,36H,5-7,9-11,13,18-25,27H2,1-4H3,(H,48,58)(H,49,54)(H,50,59)(H,51,57)/b12-8-/t29-,30-,33-,34-,36-,46+/m0/s1. The van der Waals surface area contributed by atoms with Crippen molar-refractivity contribution < 1.29 is 51.4 Å². The molecule has 3 saturated carbocycles. The normalized spacial score (nSPS) is 28.0. The van der Waals surface area contributed by atoms with Crippen molar-refractivity contribution in [3.05, 3.63) is 46.8 Å². The van der Waals surface area contributed by atoms with Crippen molar-refractivity contribution in [1.29, 1.82) is 0 Å². The molecule has 8 rings (SSSR count). The molecule has 1 aromatic carbocycles. The van der Waals surface area contributed by atoms with Crippen LogP contribution >= 0.6 is 11.3 Å². The van der Waals surface area contributed by atoms with Gasteiger partial charge >= 0.3 is 12.2 Å². The third-order valence-corrected chi connectivity index (χ3v) is 16.3. The first-order valence-corrected chi connectivity index (χ1v) is 25.5. The zero-order chi connectivity index (χ0) is 47.0. The second-order valence-electron chi connectivity index (χ2n) is 19.7. The molecule has 2 saturated heterocycles. The fourth-order valence-electron chi connectivity index (χ4n) is 9.90. The number of carbonyl (C=O) groups is 6. The average molecular weight is 952 g/mol. The topological polar surface area (TPSA) is 232 Å². The van der Waals surface area contributed by atoms with Gasteiger partial charge in [0.25, 0.3) is 11.8 Å². The molecule has 3 aliphatic carbocycles. The molecule has 358 valence electrons. The Balaban J connectivity index is 1.03. The highest BCUT2D eigenvalue weighted by molar-refractivity contribution is 7.91. The number of thiazole rings is 1. The molecule has 2 aromatic rings. The molecule has 0 unspecified atom stereocenters. The highest BCUT2D eigenvalue weighted by atomic mass is 32.2. The summed E-state index contributed by atoms with van der Waals surface area (Å²) in [5.41, 5.74) is -1.70. The van der Waals surface area contributed by atoms with E-state index in [4.69, 9.17) is 14.2 Å². The van der Waals surface area contributed by atoms with Crippen LogP contribution in [-0.4, -0.2) is 126 Å². The molecule has 6 aliphatic rings. The van der Waals surface area contributed by atoms with Gasteiger partial charge in [0.1, 0.15) is 35.6 Å². The van der Waals surface area contributed by atoms with E-state index in [1.54, 1.807) is 38.2 Å². The monoisotopic (exact) mass is 951 g/mol. The molecule has 1 aromatic heterocycles. The molecule has 0 bridgehead atoms. The number of hydrogen-bond donors (Lipinski definition) is 4. The molecule has 4 heterocycles. The van der Waals surface area contributed by atoms with E-state index in [-0.39, 0.29) is 55.9 Å². The number of fused-ring (bicyclic) bond motifs is 4. The molecule has 0 spiro atoms. The number of alkyl carbamates (subject to hydrolysis) is 2. The van der Waals surface area contributed by atoms with Gasteiger partial charge in [-0.05, 0) is 96.4 Å². The summed E-state index contributed by atoms with van der Waals surface area (Å²) in [6.45, 7) is 5.55. The highest BCUT2D eigenvalue weighted by Gasteiger charge is 2.63. The predicted octanol–water partition coefficient (Wildman–Crippen LogP) is 4.65. The second kappa shape index (κ2) is 18.8. The van der Waals surface area contributed by atoms with E-state index in [1.165, 1.54) is 16.2 Å². The van der Waals surface area contributed by atoms with Crippen LogP contribution in [0, 0.1) is 17.8 Å². The fraction of sp³-hybridized carbons (Fsp3) is 0.630. The lowest BCUT2D eigenvalue weighted by atomic mass is 9.93. The van der Waals surface area contributed by atoms with Crippen molar-refractivity contribution in [2.45, 2.75) is 132 Å². The van der Waals surface area contributed by atoms with Gasteiger partial charge in [-0.2, -0.15) is 0 Å². The number of allylic oxidation sites excluding steroid dienone is 1. The highest BCUT2D eigenvalue weighted by Crippen LogP contribution is 2.47. The zero-order valence-electron chi connectivity index (χ0n) is 38.0. The summed E-state index contributed by atoms with van der Waals surface area (Å²) < 4.78 is 44.8. The van der Waals surface area contributed by atoms with Crippen LogP contribution in [0.15, 0.2) is 41.8 Å². The van der Waals surface area contributed by atoms with Gasteiger partial charge in [0.15, 0.2) is 5.01 Å². The molecule has 3 aliphatic heterocycles. The summed E-state index contributed by atoms with van der Waals surface area (Å²) in [4.78, 5) is 92.0. The number of carbonyl (C=O) groups excluding carboxylic acids is 6. The number of nitrogens with one attached hydrogen (secondary N) is 4. The van der Waals surface area contributed by atoms with Crippen LogP contribution in [0.25, 0.3) is 11.3 Å². The molecule has 6 amide bonds. The third-order valence-electron chi connectivity index (χ3n) is 13.7. The van der Waals surface area contributed by atoms with Crippen molar-refractivity contribution in [1.82, 2.24) is 35.5 Å². The number of ether oxygens (including phenoxy) is 3. The van der Waals surface area contributed by atoms with Gasteiger partial charge in [-0.25, -0.2) is 23.0 Å². The maximum absolute atomic E-state index is 14.9. The van der Waals surface area contributed by atoms with Gasteiger partial charge in [-0.1, -0.05) is 37.8 Å². The van der Waals surface area contributed by atoms with Gasteiger partial charge < -0.3 is 40.0 Å². The lowest BCUT2D eigenvalue weighted by Gasteiger charge is -2.33. The Hall–Kier alpha value is -5.24. The van der Waals surface area contributed by atoms with E-state index in [9.17, 15) is 37.2 Å². The van der Waals surface area contributed by atoms with Crippen LogP contribution in [0.2, 0.25) is 0 Å². The first-order valence-electron chi connectivity index (χ1n) is 23.1. The summed E-state index contributed by atoms with van der Waals surface area (Å²) in [7, 11) is -2.37. The van der Waals surface area contributed by atoms with Crippen LogP contribution in [-0.2, 0) is 33.9 Å². The molecule has 5 fully saturated rings. The average Bonchev–Trinajstić information content (AvgIpc) is 3.96. The number of nitrogens with zero attached hydrogens (tertiary/aromatic N) is 3. The van der Waals surface area contributed by atoms with Gasteiger partial charge in [0.2, 0.25) is 21.8 Å². The number of benzene rings is 1. The van der Waals surface area contributed by atoms with Crippen LogP contribution in [0.4, 0.5) is 9.59 Å². The Kier molecular flexibility index (Phi) is 13.5. The maximum Gasteiger partial charge on any atom is 0.408 e. The minimum atomic E-state index is -3.95. The quantitative estimate of drug-likeness (QED) is 0.239. The minimum Gasteiger partial charge on any atom is -0.497 e. The molecule has 66 heavy (non-hydrogen) atoms. The number of methoxy groups -OCH3 is 1. The number of rotatable bonds is 10. The van der Waals surface area contributed by atoms with E-state index >= 15 is 0 Å². The Morgan fingerprint density at radius 1 is 0.955 bits per heavy atom. The van der Waals surface area contributed by atoms with E-state index in [0.717, 1.165) is 24.8 Å². The lowest BCUT2D eigenvalue weighted by Crippen LogP contribution is -2.60. The number of aromatic nitrogens is 1. The Morgan fingerprint density at radius 2 is 1.70 bits per heavy atom. The largest absolute Gasteiger partial charge is 0.497 e. The maximum atomic E-state index is 14.9. The van der Waals surface area contributed by atoms with Crippen LogP contribution < -0.4 is 25.4 Å². The van der Waals surface area contributed by atoms with Gasteiger partial charge in [-0.3, -0.25) is 23.9 Å². The molecule has 4 N–H and O–H groups in total. The summed E-state index contributed by atoms with van der Waals surface area (Å²) in [6.07, 6.45) is 9.06. The van der Waals surface area contributed by atoms with Crippen molar-refractivity contribution in [2.75, 3.05) is 33.4 Å². The van der Waals surface area contributed by atoms with Crippen LogP contribution in [0.5, 0.6) is 5.75 Å². The van der Waals surface area contributed by atoms with Crippen molar-refractivity contribution >= 4 is 57.2 Å². The zero-order valence-corrected chi connectivity index (χ0v) is 39.6. The lowest BCUT2D eigenvalue weighted by molar-refractivity contribution is -0.142. The van der Waals surface area contributed by atoms with E-state index in [0.29, 0.717) is 56.4 Å². The van der Waals surface area contributed by atoms with E-state index in [2.05, 4.69) is 25.7 Å². The summed E-state index contributed by atoms with van der Waals surface area (Å²) in [5.74, 6) is -3.01. The molecule has 6 atom stereocenters. The first-order chi connectivity index (χ1) is 31.4. The van der Waals surface area contributed by atoms with Crippen LogP contribution in [0.1, 0.15) is 108 Å². The number of likely N-dealkylation sites (tertiary alicyclic amines) is 1. The van der Waals surface area contributed by atoms with Gasteiger partial charge in [-0.15, -0.1) is 11.3 Å². The van der Waals surface area contributed by atoms with Crippen molar-refractivity contribution in [2.24, 2.45) is 17.8 Å². The molecule has 20 heteroatoms. The van der Waals surface area contributed by atoms with E-state index in [1.807, 2.05) is 36.4 Å². The second-order valence-corrected chi connectivity index (χ2v) is 22.6. The minimum absolute atomic E-state index is 0.0784. The van der Waals surface area contributed by atoms with Crippen LogP contribution in [0.3, 0.4) is 0 Å². The summed E-state index contributed by atoms with van der Waals surface area (Å²) in [6, 6.07) is 5.06. The summed E-state index contributed by atoms with van der Waals surface area (Å²) >= 11 is 1.21. The fourth-order valence-corrected chi connectivity index (χ4v) is 12.1. The SMILES string of the molecule is COc1ccc(-c2csc(C(=O)N3C[C@H]4CN5C(=O)[C@@H](NC(=O)OCC6(NC(=O)OC(C)(C)C)CCCC6)CCCCC/C=C\[C@H]6C[C@@]6(C(=O)NS(=O)(=O)C6CC6)NC(=O)[C@@H]5[C@H]4C3)n2)cc1. The Labute approximate surface area is 389 Å². The summed E-state index contributed by atoms with van der Waals surface area (Å²) in [5, 5.41) is 10.0. The smallest absolute Gasteiger partial charge is 0.408 e. The third kappa shape index (κ3) is 10.5. The number of sulfonamides is 1. The van der Waals surface area contributed by atoms with Crippen molar-refractivity contribution in [3.8, 4) is 17.0 Å². The first kappa shape index (κ1) is 47.3. The number of hydrogen-bond acceptors (Lipinski definition) is 13. The van der Waals surface area contributed by atoms with Crippen molar-refractivity contribution in [3.63, 3.8) is 0 Å².